The number of amides is 1. The van der Waals surface area contributed by atoms with Crippen LogP contribution in [0, 0.1) is 0 Å². The van der Waals surface area contributed by atoms with E-state index < -0.39 is 0 Å². The number of aromatic nitrogens is 2. The van der Waals surface area contributed by atoms with E-state index in [1.807, 2.05) is 34.6 Å². The zero-order valence-electron chi connectivity index (χ0n) is 18.9. The number of thioether (sulfide) groups is 1. The molecule has 8 heteroatoms. The second-order valence-corrected chi connectivity index (χ2v) is 11.1. The van der Waals surface area contributed by atoms with E-state index in [1.54, 1.807) is 11.3 Å². The van der Waals surface area contributed by atoms with Crippen LogP contribution in [0.5, 0.6) is 0 Å². The molecule has 33 heavy (non-hydrogen) atoms. The Labute approximate surface area is 202 Å². The molecular weight excluding hydrogens is 454 g/mol. The third-order valence-electron chi connectivity index (χ3n) is 6.46. The van der Waals surface area contributed by atoms with Gasteiger partial charge in [-0.05, 0) is 50.2 Å². The maximum absolute atomic E-state index is 13.8. The Balaban J connectivity index is 1.49. The SMILES string of the molecule is CC(Sc1nc2sc3c(c2c(=O)n1CCc1ccccc1)CCCC3)C(=O)N1CCOCC1. The van der Waals surface area contributed by atoms with E-state index in [-0.39, 0.29) is 16.7 Å². The van der Waals surface area contributed by atoms with Crippen LogP contribution in [0.2, 0.25) is 0 Å². The van der Waals surface area contributed by atoms with Gasteiger partial charge in [-0.15, -0.1) is 11.3 Å². The monoisotopic (exact) mass is 483 g/mol. The normalized spacial score (nSPS) is 17.2. The molecule has 0 saturated carbocycles. The molecule has 174 valence electrons. The van der Waals surface area contributed by atoms with E-state index in [0.717, 1.165) is 35.9 Å². The fourth-order valence-electron chi connectivity index (χ4n) is 4.64. The summed E-state index contributed by atoms with van der Waals surface area (Å²) in [5, 5.41) is 1.14. The molecule has 2 aromatic heterocycles. The van der Waals surface area contributed by atoms with Gasteiger partial charge in [0.25, 0.3) is 5.56 Å². The van der Waals surface area contributed by atoms with Crippen LogP contribution in [0.4, 0.5) is 0 Å². The van der Waals surface area contributed by atoms with Crippen LogP contribution in [-0.4, -0.2) is 51.9 Å². The third-order valence-corrected chi connectivity index (χ3v) is 8.72. The van der Waals surface area contributed by atoms with Crippen molar-refractivity contribution in [2.75, 3.05) is 26.3 Å². The van der Waals surface area contributed by atoms with Crippen LogP contribution in [0.15, 0.2) is 40.3 Å². The summed E-state index contributed by atoms with van der Waals surface area (Å²) in [5.74, 6) is 0.0812. The molecule has 1 atom stereocenters. The summed E-state index contributed by atoms with van der Waals surface area (Å²) >= 11 is 3.07. The van der Waals surface area contributed by atoms with Crippen molar-refractivity contribution in [3.8, 4) is 0 Å². The first-order chi connectivity index (χ1) is 16.1. The number of nitrogens with zero attached hydrogens (tertiary/aromatic N) is 3. The summed E-state index contributed by atoms with van der Waals surface area (Å²) in [6, 6.07) is 10.2. The van der Waals surface area contributed by atoms with Crippen LogP contribution in [0.3, 0.4) is 0 Å². The summed E-state index contributed by atoms with van der Waals surface area (Å²) in [6.45, 7) is 4.87. The number of fused-ring (bicyclic) bond motifs is 3. The van der Waals surface area contributed by atoms with E-state index in [1.165, 1.54) is 34.2 Å². The number of benzene rings is 1. The van der Waals surface area contributed by atoms with Crippen molar-refractivity contribution in [3.05, 3.63) is 56.7 Å². The first-order valence-corrected chi connectivity index (χ1v) is 13.4. The molecule has 1 unspecified atom stereocenters. The predicted octanol–water partition coefficient (Wildman–Crippen LogP) is 3.92. The smallest absolute Gasteiger partial charge is 0.263 e. The molecule has 1 saturated heterocycles. The molecule has 1 aromatic carbocycles. The van der Waals surface area contributed by atoms with Gasteiger partial charge in [-0.1, -0.05) is 42.1 Å². The van der Waals surface area contributed by atoms with E-state index in [2.05, 4.69) is 12.1 Å². The molecule has 5 rings (SSSR count). The van der Waals surface area contributed by atoms with Crippen molar-refractivity contribution in [2.45, 2.75) is 56.0 Å². The number of rotatable bonds is 6. The van der Waals surface area contributed by atoms with Gasteiger partial charge in [-0.25, -0.2) is 4.98 Å². The second-order valence-electron chi connectivity index (χ2n) is 8.68. The van der Waals surface area contributed by atoms with Crippen molar-refractivity contribution in [2.24, 2.45) is 0 Å². The number of carbonyl (C=O) groups excluding carboxylic acids is 1. The zero-order chi connectivity index (χ0) is 22.8. The molecule has 3 aromatic rings. The lowest BCUT2D eigenvalue weighted by Gasteiger charge is -2.29. The Morgan fingerprint density at radius 3 is 2.73 bits per heavy atom. The van der Waals surface area contributed by atoms with Crippen LogP contribution in [-0.2, 0) is 35.3 Å². The summed E-state index contributed by atoms with van der Waals surface area (Å²) in [6.07, 6.45) is 5.05. The summed E-state index contributed by atoms with van der Waals surface area (Å²) in [4.78, 5) is 35.8. The fourth-order valence-corrected chi connectivity index (χ4v) is 6.96. The number of hydrogen-bond acceptors (Lipinski definition) is 6. The topological polar surface area (TPSA) is 64.4 Å². The lowest BCUT2D eigenvalue weighted by Crippen LogP contribution is -2.44. The molecule has 1 aliphatic carbocycles. The molecular formula is C25H29N3O3S2. The van der Waals surface area contributed by atoms with Gasteiger partial charge in [0.2, 0.25) is 5.91 Å². The van der Waals surface area contributed by atoms with Gasteiger partial charge in [0.1, 0.15) is 4.83 Å². The molecule has 1 amide bonds. The molecule has 1 fully saturated rings. The first-order valence-electron chi connectivity index (χ1n) is 11.7. The number of ether oxygens (including phenoxy) is 1. The lowest BCUT2D eigenvalue weighted by atomic mass is 9.97. The Bertz CT molecular complexity index is 1200. The molecule has 2 aliphatic rings. The number of carbonyl (C=O) groups is 1. The zero-order valence-corrected chi connectivity index (χ0v) is 20.6. The van der Waals surface area contributed by atoms with Crippen LogP contribution < -0.4 is 5.56 Å². The van der Waals surface area contributed by atoms with Crippen molar-refractivity contribution in [1.29, 1.82) is 0 Å². The summed E-state index contributed by atoms with van der Waals surface area (Å²) in [7, 11) is 0. The number of aryl methyl sites for hydroxylation is 3. The average Bonchev–Trinajstić information content (AvgIpc) is 3.23. The highest BCUT2D eigenvalue weighted by molar-refractivity contribution is 8.00. The fraction of sp³-hybridized carbons (Fsp3) is 0.480. The van der Waals surface area contributed by atoms with Crippen molar-refractivity contribution >= 4 is 39.2 Å². The minimum Gasteiger partial charge on any atom is -0.378 e. The van der Waals surface area contributed by atoms with Crippen molar-refractivity contribution < 1.29 is 9.53 Å². The van der Waals surface area contributed by atoms with Gasteiger partial charge in [0, 0.05) is 24.5 Å². The van der Waals surface area contributed by atoms with Gasteiger partial charge in [0.05, 0.1) is 23.8 Å². The lowest BCUT2D eigenvalue weighted by molar-refractivity contribution is -0.134. The number of hydrogen-bond donors (Lipinski definition) is 0. The van der Waals surface area contributed by atoms with E-state index in [9.17, 15) is 9.59 Å². The maximum Gasteiger partial charge on any atom is 0.263 e. The van der Waals surface area contributed by atoms with Crippen LogP contribution >= 0.6 is 23.1 Å². The molecule has 0 N–H and O–H groups in total. The Hall–Kier alpha value is -2.16. The Morgan fingerprint density at radius 1 is 1.18 bits per heavy atom. The van der Waals surface area contributed by atoms with Gasteiger partial charge in [0.15, 0.2) is 5.16 Å². The van der Waals surface area contributed by atoms with Crippen molar-refractivity contribution in [3.63, 3.8) is 0 Å². The molecule has 3 heterocycles. The van der Waals surface area contributed by atoms with Gasteiger partial charge < -0.3 is 9.64 Å². The Kier molecular flexibility index (Phi) is 6.85. The molecule has 0 radical (unpaired) electrons. The molecule has 1 aliphatic heterocycles. The molecule has 6 nitrogen and oxygen atoms in total. The highest BCUT2D eigenvalue weighted by Gasteiger charge is 2.27. The van der Waals surface area contributed by atoms with Crippen LogP contribution in [0.25, 0.3) is 10.2 Å². The Morgan fingerprint density at radius 2 is 1.94 bits per heavy atom. The van der Waals surface area contributed by atoms with Gasteiger partial charge in [-0.3, -0.25) is 14.2 Å². The highest BCUT2D eigenvalue weighted by atomic mass is 32.2. The molecule has 0 spiro atoms. The third kappa shape index (κ3) is 4.74. The summed E-state index contributed by atoms with van der Waals surface area (Å²) in [5.41, 5.74) is 2.44. The largest absolute Gasteiger partial charge is 0.378 e. The average molecular weight is 484 g/mol. The minimum atomic E-state index is -0.315. The minimum absolute atomic E-state index is 0.0452. The van der Waals surface area contributed by atoms with Crippen molar-refractivity contribution in [1.82, 2.24) is 14.5 Å². The predicted molar refractivity (Wildman–Crippen MR) is 133 cm³/mol. The quantitative estimate of drug-likeness (QED) is 0.393. The maximum atomic E-state index is 13.8. The van der Waals surface area contributed by atoms with E-state index in [0.29, 0.717) is 38.0 Å². The summed E-state index contributed by atoms with van der Waals surface area (Å²) < 4.78 is 7.20. The highest BCUT2D eigenvalue weighted by Crippen LogP contribution is 2.35. The number of thiophene rings is 1. The molecule has 0 bridgehead atoms. The van der Waals surface area contributed by atoms with Gasteiger partial charge in [-0.2, -0.15) is 0 Å². The van der Waals surface area contributed by atoms with E-state index >= 15 is 0 Å². The van der Waals surface area contributed by atoms with E-state index in [4.69, 9.17) is 9.72 Å². The second kappa shape index (κ2) is 9.99. The van der Waals surface area contributed by atoms with Crippen LogP contribution in [0.1, 0.15) is 35.8 Å². The van der Waals surface area contributed by atoms with Gasteiger partial charge >= 0.3 is 0 Å². The number of morpholine rings is 1. The standard InChI is InChI=1S/C25H29N3O3S2/c1-17(23(29)27-13-15-31-16-14-27)32-25-26-22-21(19-9-5-6-10-20(19)33-22)24(30)28(25)12-11-18-7-3-2-4-8-18/h2-4,7-8,17H,5-6,9-16H2,1H3. The first kappa shape index (κ1) is 22.6.